The van der Waals surface area contributed by atoms with E-state index in [0.717, 1.165) is 6.42 Å². The summed E-state index contributed by atoms with van der Waals surface area (Å²) in [5.74, 6) is 0.222. The summed E-state index contributed by atoms with van der Waals surface area (Å²) in [7, 11) is 0. The lowest BCUT2D eigenvalue weighted by Gasteiger charge is -2.09. The van der Waals surface area contributed by atoms with Gasteiger partial charge in [0.1, 0.15) is 0 Å². The SMILES string of the molecule is CC(COCCc1cccs1)C(=N)N. The summed E-state index contributed by atoms with van der Waals surface area (Å²) in [6.07, 6.45) is 0.947. The number of hydrogen-bond acceptors (Lipinski definition) is 3. The molecule has 14 heavy (non-hydrogen) atoms. The third-order valence-corrected chi connectivity index (χ3v) is 2.91. The Hall–Kier alpha value is -0.870. The van der Waals surface area contributed by atoms with Crippen LogP contribution in [0.2, 0.25) is 0 Å². The van der Waals surface area contributed by atoms with Gasteiger partial charge in [-0.25, -0.2) is 0 Å². The zero-order valence-electron chi connectivity index (χ0n) is 8.32. The molecule has 0 aliphatic carbocycles. The molecule has 0 fully saturated rings. The Bertz CT molecular complexity index is 272. The molecule has 1 rings (SSSR count). The summed E-state index contributed by atoms with van der Waals surface area (Å²) >= 11 is 1.74. The lowest BCUT2D eigenvalue weighted by atomic mass is 10.2. The number of rotatable bonds is 6. The quantitative estimate of drug-likeness (QED) is 0.430. The smallest absolute Gasteiger partial charge is 0.0957 e. The molecule has 0 spiro atoms. The average Bonchev–Trinajstić information content (AvgIpc) is 2.64. The zero-order chi connectivity index (χ0) is 10.4. The van der Waals surface area contributed by atoms with Crippen LogP contribution in [0.5, 0.6) is 0 Å². The van der Waals surface area contributed by atoms with Crippen molar-refractivity contribution in [1.82, 2.24) is 0 Å². The molecule has 0 saturated carbocycles. The molecule has 78 valence electrons. The molecule has 0 aliphatic rings. The maximum atomic E-state index is 7.17. The van der Waals surface area contributed by atoms with Gasteiger partial charge in [0.2, 0.25) is 0 Å². The Morgan fingerprint density at radius 3 is 3.07 bits per heavy atom. The van der Waals surface area contributed by atoms with E-state index in [2.05, 4.69) is 11.4 Å². The van der Waals surface area contributed by atoms with Crippen LogP contribution in [0.25, 0.3) is 0 Å². The summed E-state index contributed by atoms with van der Waals surface area (Å²) in [6, 6.07) is 4.14. The van der Waals surface area contributed by atoms with Gasteiger partial charge < -0.3 is 10.5 Å². The Balaban J connectivity index is 2.08. The normalized spacial score (nSPS) is 12.6. The summed E-state index contributed by atoms with van der Waals surface area (Å²) in [6.45, 7) is 3.15. The zero-order valence-corrected chi connectivity index (χ0v) is 9.14. The number of nitrogens with one attached hydrogen (secondary N) is 1. The van der Waals surface area contributed by atoms with Gasteiger partial charge in [-0.15, -0.1) is 11.3 Å². The van der Waals surface area contributed by atoms with Crippen LogP contribution in [-0.4, -0.2) is 19.0 Å². The van der Waals surface area contributed by atoms with Crippen LogP contribution in [0.15, 0.2) is 17.5 Å². The van der Waals surface area contributed by atoms with Gasteiger partial charge >= 0.3 is 0 Å². The molecule has 3 nitrogen and oxygen atoms in total. The monoisotopic (exact) mass is 212 g/mol. The molecule has 0 amide bonds. The maximum absolute atomic E-state index is 7.17. The Kier molecular flexibility index (Phi) is 4.62. The standard InChI is InChI=1S/C10H16N2OS/c1-8(10(11)12)7-13-5-4-9-3-2-6-14-9/h2-3,6,8H,4-5,7H2,1H3,(H3,11,12). The molecule has 0 radical (unpaired) electrons. The number of ether oxygens (including phenoxy) is 1. The third kappa shape index (κ3) is 3.89. The van der Waals surface area contributed by atoms with E-state index in [0.29, 0.717) is 13.2 Å². The number of hydrogen-bond donors (Lipinski definition) is 2. The fourth-order valence-electron chi connectivity index (χ4n) is 0.977. The van der Waals surface area contributed by atoms with E-state index in [-0.39, 0.29) is 11.8 Å². The second kappa shape index (κ2) is 5.78. The number of amidine groups is 1. The Morgan fingerprint density at radius 1 is 1.71 bits per heavy atom. The molecule has 0 saturated heterocycles. The van der Waals surface area contributed by atoms with Crippen molar-refractivity contribution in [3.8, 4) is 0 Å². The van der Waals surface area contributed by atoms with Crippen molar-refractivity contribution in [2.45, 2.75) is 13.3 Å². The molecule has 1 aromatic heterocycles. The van der Waals surface area contributed by atoms with E-state index in [4.69, 9.17) is 15.9 Å². The molecular weight excluding hydrogens is 196 g/mol. The Labute approximate surface area is 88.4 Å². The van der Waals surface area contributed by atoms with Gasteiger partial charge in [-0.05, 0) is 11.4 Å². The van der Waals surface area contributed by atoms with Crippen LogP contribution in [-0.2, 0) is 11.2 Å². The molecule has 3 N–H and O–H groups in total. The van der Waals surface area contributed by atoms with E-state index in [1.54, 1.807) is 11.3 Å². The third-order valence-electron chi connectivity index (χ3n) is 1.97. The van der Waals surface area contributed by atoms with Gasteiger partial charge in [0, 0.05) is 17.2 Å². The lowest BCUT2D eigenvalue weighted by molar-refractivity contribution is 0.124. The van der Waals surface area contributed by atoms with Crippen LogP contribution in [0.3, 0.4) is 0 Å². The minimum atomic E-state index is 0.0262. The predicted octanol–water partition coefficient (Wildman–Crippen LogP) is 1.88. The lowest BCUT2D eigenvalue weighted by Crippen LogP contribution is -2.24. The molecule has 1 aromatic rings. The number of nitrogens with two attached hydrogens (primary N) is 1. The molecule has 1 atom stereocenters. The van der Waals surface area contributed by atoms with Crippen molar-refractivity contribution in [2.24, 2.45) is 11.7 Å². The minimum Gasteiger partial charge on any atom is -0.387 e. The van der Waals surface area contributed by atoms with Crippen LogP contribution in [0.1, 0.15) is 11.8 Å². The summed E-state index contributed by atoms with van der Waals surface area (Å²) in [4.78, 5) is 1.33. The highest BCUT2D eigenvalue weighted by atomic mass is 32.1. The fourth-order valence-corrected chi connectivity index (χ4v) is 1.67. The minimum absolute atomic E-state index is 0.0262. The molecular formula is C10H16N2OS. The maximum Gasteiger partial charge on any atom is 0.0957 e. The van der Waals surface area contributed by atoms with Gasteiger partial charge in [-0.2, -0.15) is 0 Å². The van der Waals surface area contributed by atoms with Crippen LogP contribution < -0.4 is 5.73 Å². The van der Waals surface area contributed by atoms with Crippen molar-refractivity contribution in [3.63, 3.8) is 0 Å². The van der Waals surface area contributed by atoms with Crippen molar-refractivity contribution >= 4 is 17.2 Å². The highest BCUT2D eigenvalue weighted by Crippen LogP contribution is 2.09. The highest BCUT2D eigenvalue weighted by Gasteiger charge is 2.04. The predicted molar refractivity (Wildman–Crippen MR) is 59.9 cm³/mol. The largest absolute Gasteiger partial charge is 0.387 e. The first-order chi connectivity index (χ1) is 6.70. The van der Waals surface area contributed by atoms with Gasteiger partial charge in [-0.3, -0.25) is 5.41 Å². The Morgan fingerprint density at radius 2 is 2.50 bits per heavy atom. The van der Waals surface area contributed by atoms with Gasteiger partial charge in [0.05, 0.1) is 19.0 Å². The average molecular weight is 212 g/mol. The summed E-state index contributed by atoms with van der Waals surface area (Å²) in [5.41, 5.74) is 5.32. The molecule has 0 aliphatic heterocycles. The van der Waals surface area contributed by atoms with Crippen molar-refractivity contribution in [3.05, 3.63) is 22.4 Å². The van der Waals surface area contributed by atoms with E-state index in [1.165, 1.54) is 4.88 Å². The molecule has 1 heterocycles. The van der Waals surface area contributed by atoms with E-state index in [9.17, 15) is 0 Å². The van der Waals surface area contributed by atoms with Crippen LogP contribution in [0.4, 0.5) is 0 Å². The van der Waals surface area contributed by atoms with Crippen molar-refractivity contribution in [1.29, 1.82) is 5.41 Å². The van der Waals surface area contributed by atoms with Gasteiger partial charge in [0.25, 0.3) is 0 Å². The number of thiophene rings is 1. The van der Waals surface area contributed by atoms with Crippen molar-refractivity contribution in [2.75, 3.05) is 13.2 Å². The topological polar surface area (TPSA) is 59.1 Å². The second-order valence-corrected chi connectivity index (χ2v) is 4.29. The van der Waals surface area contributed by atoms with Crippen LogP contribution in [0, 0.1) is 11.3 Å². The van der Waals surface area contributed by atoms with Crippen molar-refractivity contribution < 1.29 is 4.74 Å². The van der Waals surface area contributed by atoms with E-state index < -0.39 is 0 Å². The first-order valence-electron chi connectivity index (χ1n) is 4.64. The van der Waals surface area contributed by atoms with Gasteiger partial charge in [-0.1, -0.05) is 13.0 Å². The van der Waals surface area contributed by atoms with E-state index >= 15 is 0 Å². The van der Waals surface area contributed by atoms with Crippen LogP contribution >= 0.6 is 11.3 Å². The molecule has 0 aromatic carbocycles. The summed E-state index contributed by atoms with van der Waals surface area (Å²) < 4.78 is 5.42. The molecule has 4 heteroatoms. The molecule has 1 unspecified atom stereocenters. The fraction of sp³-hybridized carbons (Fsp3) is 0.500. The first kappa shape index (κ1) is 11.2. The summed E-state index contributed by atoms with van der Waals surface area (Å²) in [5, 5.41) is 9.24. The first-order valence-corrected chi connectivity index (χ1v) is 5.52. The highest BCUT2D eigenvalue weighted by molar-refractivity contribution is 7.09. The second-order valence-electron chi connectivity index (χ2n) is 3.26. The van der Waals surface area contributed by atoms with Gasteiger partial charge in [0.15, 0.2) is 0 Å². The van der Waals surface area contributed by atoms with E-state index in [1.807, 2.05) is 13.0 Å². The molecule has 0 bridgehead atoms.